The summed E-state index contributed by atoms with van der Waals surface area (Å²) >= 11 is 0. The van der Waals surface area contributed by atoms with Gasteiger partial charge in [-0.2, -0.15) is 13.2 Å². The van der Waals surface area contributed by atoms with Gasteiger partial charge in [0.15, 0.2) is 0 Å². The van der Waals surface area contributed by atoms with Gasteiger partial charge in [0.1, 0.15) is 12.1 Å². The van der Waals surface area contributed by atoms with Gasteiger partial charge in [-0.1, -0.05) is 6.07 Å². The second-order valence-electron chi connectivity index (χ2n) is 3.53. The van der Waals surface area contributed by atoms with Crippen molar-refractivity contribution in [2.24, 2.45) is 5.73 Å². The summed E-state index contributed by atoms with van der Waals surface area (Å²) in [5.74, 6) is -0.715. The van der Waals surface area contributed by atoms with E-state index in [4.69, 9.17) is 5.73 Å². The molecule has 0 aliphatic heterocycles. The molecule has 1 amide bonds. The quantitative estimate of drug-likeness (QED) is 0.872. The van der Waals surface area contributed by atoms with Gasteiger partial charge in [-0.15, -0.1) is 0 Å². The van der Waals surface area contributed by atoms with E-state index < -0.39 is 18.6 Å². The van der Waals surface area contributed by atoms with Crippen molar-refractivity contribution in [3.63, 3.8) is 0 Å². The summed E-state index contributed by atoms with van der Waals surface area (Å²) in [6.45, 7) is -1.15. The van der Waals surface area contributed by atoms with Gasteiger partial charge in [-0.05, 0) is 12.1 Å². The lowest BCUT2D eigenvalue weighted by Crippen LogP contribution is -2.17. The molecule has 0 fully saturated rings. The number of aromatic nitrogens is 2. The Morgan fingerprint density at radius 1 is 1.41 bits per heavy atom. The fraction of sp³-hybridized carbons (Fsp3) is 0.200. The van der Waals surface area contributed by atoms with Crippen LogP contribution in [-0.4, -0.2) is 21.6 Å². The van der Waals surface area contributed by atoms with Gasteiger partial charge in [-0.3, -0.25) is 4.79 Å². The predicted octanol–water partition coefficient (Wildman–Crippen LogP) is 1.70. The van der Waals surface area contributed by atoms with Crippen LogP contribution < -0.4 is 5.73 Å². The van der Waals surface area contributed by atoms with Crippen molar-refractivity contribution >= 4 is 16.9 Å². The number of hydrogen-bond acceptors (Lipinski definition) is 2. The number of fused-ring (bicyclic) bond motifs is 1. The molecule has 0 spiro atoms. The summed E-state index contributed by atoms with van der Waals surface area (Å²) in [7, 11) is 0. The Labute approximate surface area is 93.8 Å². The highest BCUT2D eigenvalue weighted by molar-refractivity contribution is 6.04. The smallest absolute Gasteiger partial charge is 0.366 e. The maximum absolute atomic E-state index is 12.3. The van der Waals surface area contributed by atoms with Crippen LogP contribution in [-0.2, 0) is 6.54 Å². The minimum absolute atomic E-state index is 0.114. The van der Waals surface area contributed by atoms with Crippen molar-refractivity contribution in [3.05, 3.63) is 30.1 Å². The Balaban J connectivity index is 2.55. The summed E-state index contributed by atoms with van der Waals surface area (Å²) in [4.78, 5) is 14.8. The molecule has 0 atom stereocenters. The lowest BCUT2D eigenvalue weighted by Gasteiger charge is -2.08. The first kappa shape index (κ1) is 11.4. The largest absolute Gasteiger partial charge is 0.406 e. The zero-order valence-electron chi connectivity index (χ0n) is 8.53. The summed E-state index contributed by atoms with van der Waals surface area (Å²) < 4.78 is 37.7. The van der Waals surface area contributed by atoms with Gasteiger partial charge in [0.25, 0.3) is 5.91 Å². The van der Waals surface area contributed by atoms with Crippen LogP contribution >= 0.6 is 0 Å². The molecule has 7 heteroatoms. The first-order valence-corrected chi connectivity index (χ1v) is 4.69. The summed E-state index contributed by atoms with van der Waals surface area (Å²) in [6.07, 6.45) is -3.29. The van der Waals surface area contributed by atoms with Crippen LogP contribution in [0.2, 0.25) is 0 Å². The van der Waals surface area contributed by atoms with Crippen LogP contribution in [0.5, 0.6) is 0 Å². The molecule has 1 heterocycles. The normalized spacial score (nSPS) is 11.9. The molecule has 2 rings (SSSR count). The van der Waals surface area contributed by atoms with Crippen LogP contribution in [0.4, 0.5) is 13.2 Å². The number of imidazole rings is 1. The minimum Gasteiger partial charge on any atom is -0.366 e. The van der Waals surface area contributed by atoms with Gasteiger partial charge < -0.3 is 10.3 Å². The van der Waals surface area contributed by atoms with Crippen molar-refractivity contribution in [1.82, 2.24) is 9.55 Å². The van der Waals surface area contributed by atoms with E-state index in [1.165, 1.54) is 18.2 Å². The minimum atomic E-state index is -4.34. The van der Waals surface area contributed by atoms with Crippen molar-refractivity contribution in [3.8, 4) is 0 Å². The number of nitrogens with zero attached hydrogens (tertiary/aromatic N) is 2. The zero-order valence-corrected chi connectivity index (χ0v) is 8.53. The lowest BCUT2D eigenvalue weighted by atomic mass is 10.2. The summed E-state index contributed by atoms with van der Waals surface area (Å²) in [5, 5.41) is 0. The second-order valence-corrected chi connectivity index (χ2v) is 3.53. The topological polar surface area (TPSA) is 60.9 Å². The predicted molar refractivity (Wildman–Crippen MR) is 54.3 cm³/mol. The van der Waals surface area contributed by atoms with E-state index in [2.05, 4.69) is 4.98 Å². The van der Waals surface area contributed by atoms with Gasteiger partial charge in [0.2, 0.25) is 0 Å². The van der Waals surface area contributed by atoms with Gasteiger partial charge in [0, 0.05) is 0 Å². The Morgan fingerprint density at radius 3 is 2.71 bits per heavy atom. The second kappa shape index (κ2) is 3.76. The molecule has 1 aromatic carbocycles. The highest BCUT2D eigenvalue weighted by Crippen LogP contribution is 2.22. The molecule has 0 radical (unpaired) electrons. The lowest BCUT2D eigenvalue weighted by molar-refractivity contribution is -0.139. The molecule has 17 heavy (non-hydrogen) atoms. The van der Waals surface area contributed by atoms with Crippen LogP contribution in [0.3, 0.4) is 0 Å². The number of alkyl halides is 3. The number of carbonyl (C=O) groups excluding carboxylic acids is 1. The first-order valence-electron chi connectivity index (χ1n) is 4.69. The molecule has 0 aliphatic rings. The van der Waals surface area contributed by atoms with Crippen molar-refractivity contribution in [1.29, 1.82) is 0 Å². The average Bonchev–Trinajstić information content (AvgIpc) is 2.59. The zero-order chi connectivity index (χ0) is 12.6. The molecule has 2 N–H and O–H groups in total. The SMILES string of the molecule is NC(=O)c1cccc2c1ncn2CC(F)(F)F. The average molecular weight is 243 g/mol. The number of primary amides is 1. The number of nitrogens with two attached hydrogens (primary N) is 1. The van der Waals surface area contributed by atoms with E-state index in [9.17, 15) is 18.0 Å². The van der Waals surface area contributed by atoms with E-state index in [1.54, 1.807) is 0 Å². The Hall–Kier alpha value is -2.05. The molecule has 0 aliphatic carbocycles. The third-order valence-electron chi connectivity index (χ3n) is 2.27. The molecule has 0 unspecified atom stereocenters. The fourth-order valence-corrected chi connectivity index (χ4v) is 1.61. The third-order valence-corrected chi connectivity index (χ3v) is 2.27. The molecular weight excluding hydrogens is 235 g/mol. The number of amides is 1. The standard InChI is InChI=1S/C10H8F3N3O/c11-10(12,13)4-16-5-15-8-6(9(14)17)2-1-3-7(8)16/h1-3,5H,4H2,(H2,14,17). The fourth-order valence-electron chi connectivity index (χ4n) is 1.61. The Kier molecular flexibility index (Phi) is 2.53. The van der Waals surface area contributed by atoms with Gasteiger partial charge >= 0.3 is 6.18 Å². The van der Waals surface area contributed by atoms with E-state index in [0.29, 0.717) is 0 Å². The number of para-hydroxylation sites is 1. The highest BCUT2D eigenvalue weighted by atomic mass is 19.4. The molecule has 2 aromatic rings. The number of rotatable bonds is 2. The number of halogens is 3. The van der Waals surface area contributed by atoms with Crippen molar-refractivity contribution < 1.29 is 18.0 Å². The molecule has 0 bridgehead atoms. The number of carbonyl (C=O) groups is 1. The Morgan fingerprint density at radius 2 is 2.12 bits per heavy atom. The molecule has 1 aromatic heterocycles. The van der Waals surface area contributed by atoms with E-state index in [0.717, 1.165) is 10.9 Å². The first-order chi connectivity index (χ1) is 7.88. The summed E-state index contributed by atoms with van der Waals surface area (Å²) in [6, 6.07) is 4.35. The van der Waals surface area contributed by atoms with Crippen LogP contribution in [0.1, 0.15) is 10.4 Å². The third kappa shape index (κ3) is 2.22. The molecule has 4 nitrogen and oxygen atoms in total. The maximum Gasteiger partial charge on any atom is 0.406 e. The highest BCUT2D eigenvalue weighted by Gasteiger charge is 2.28. The molecule has 90 valence electrons. The van der Waals surface area contributed by atoms with Crippen molar-refractivity contribution in [2.45, 2.75) is 12.7 Å². The van der Waals surface area contributed by atoms with Gasteiger partial charge in [0.05, 0.1) is 17.4 Å². The van der Waals surface area contributed by atoms with Gasteiger partial charge in [-0.25, -0.2) is 4.98 Å². The number of hydrogen-bond donors (Lipinski definition) is 1. The van der Waals surface area contributed by atoms with E-state index in [-0.39, 0.29) is 16.6 Å². The monoisotopic (exact) mass is 243 g/mol. The maximum atomic E-state index is 12.3. The molecule has 0 saturated heterocycles. The molecular formula is C10H8F3N3O. The van der Waals surface area contributed by atoms with Crippen LogP contribution in [0.25, 0.3) is 11.0 Å². The number of benzene rings is 1. The molecule has 0 saturated carbocycles. The van der Waals surface area contributed by atoms with Crippen LogP contribution in [0.15, 0.2) is 24.5 Å². The van der Waals surface area contributed by atoms with Crippen LogP contribution in [0, 0.1) is 0 Å². The van der Waals surface area contributed by atoms with E-state index >= 15 is 0 Å². The Bertz CT molecular complexity index is 574. The van der Waals surface area contributed by atoms with Crippen molar-refractivity contribution in [2.75, 3.05) is 0 Å². The summed E-state index contributed by atoms with van der Waals surface area (Å²) in [5.41, 5.74) is 5.64. The van der Waals surface area contributed by atoms with E-state index in [1.807, 2.05) is 0 Å².